The lowest BCUT2D eigenvalue weighted by Gasteiger charge is -2.37. The molecule has 1 aromatic heterocycles. The Morgan fingerprint density at radius 2 is 1.74 bits per heavy atom. The fourth-order valence-electron chi connectivity index (χ4n) is 2.98. The van der Waals surface area contributed by atoms with Crippen molar-refractivity contribution in [3.05, 3.63) is 63.4 Å². The number of rotatable bonds is 1. The van der Waals surface area contributed by atoms with E-state index in [4.69, 9.17) is 0 Å². The van der Waals surface area contributed by atoms with E-state index in [0.29, 0.717) is 0 Å². The Hall–Kier alpha value is -2.42. The normalized spacial score (nSPS) is 17.5. The van der Waals surface area contributed by atoms with Crippen molar-refractivity contribution < 1.29 is 17.6 Å². The zero-order valence-electron chi connectivity index (χ0n) is 14.1. The zero-order chi connectivity index (χ0) is 19.6. The maximum Gasteiger partial charge on any atom is 0.299 e. The van der Waals surface area contributed by atoms with Gasteiger partial charge in [0, 0.05) is 15.6 Å². The topological polar surface area (TPSA) is 51.0 Å². The van der Waals surface area contributed by atoms with Crippen molar-refractivity contribution in [2.75, 3.05) is 0 Å². The summed E-state index contributed by atoms with van der Waals surface area (Å²) in [5, 5.41) is 7.50. The van der Waals surface area contributed by atoms with E-state index in [9.17, 15) is 17.6 Å². The molecule has 0 bridgehead atoms. The second-order valence-electron chi connectivity index (χ2n) is 6.62. The first-order valence-corrected chi connectivity index (χ1v) is 8.68. The lowest BCUT2D eigenvalue weighted by molar-refractivity contribution is -0.0688. The molecule has 138 valence electrons. The Morgan fingerprint density at radius 1 is 1.00 bits per heavy atom. The third-order valence-corrected chi connectivity index (χ3v) is 5.13. The number of alkyl halides is 2. The van der Waals surface area contributed by atoms with E-state index in [1.165, 1.54) is 32.0 Å². The molecule has 0 saturated carbocycles. The summed E-state index contributed by atoms with van der Waals surface area (Å²) in [6, 6.07) is 6.76. The van der Waals surface area contributed by atoms with Crippen LogP contribution in [-0.2, 0) is 5.92 Å². The highest BCUT2D eigenvalue weighted by atomic mass is 79.9. The van der Waals surface area contributed by atoms with Gasteiger partial charge in [-0.25, -0.2) is 13.8 Å². The molecule has 0 spiro atoms. The monoisotopic (exact) mass is 438 g/mol. The highest BCUT2D eigenvalue weighted by Crippen LogP contribution is 2.49. The van der Waals surface area contributed by atoms with Gasteiger partial charge in [0.05, 0.1) is 5.52 Å². The first-order valence-electron chi connectivity index (χ1n) is 7.89. The summed E-state index contributed by atoms with van der Waals surface area (Å²) < 4.78 is 57.4. The molecule has 0 radical (unpaired) electrons. The van der Waals surface area contributed by atoms with Crippen LogP contribution in [0.4, 0.5) is 17.6 Å². The van der Waals surface area contributed by atoms with Crippen LogP contribution in [0.3, 0.4) is 0 Å². The molecule has 0 N–H and O–H groups in total. The molecule has 4 rings (SSSR count). The van der Waals surface area contributed by atoms with Crippen LogP contribution in [0.1, 0.15) is 30.8 Å². The van der Waals surface area contributed by atoms with E-state index in [2.05, 4.69) is 36.1 Å². The third kappa shape index (κ3) is 2.55. The Kier molecular flexibility index (Phi) is 3.85. The Bertz CT molecular complexity index is 1130. The van der Waals surface area contributed by atoms with Gasteiger partial charge in [-0.1, -0.05) is 28.1 Å². The summed E-state index contributed by atoms with van der Waals surface area (Å²) in [5.74, 6) is -5.53. The van der Waals surface area contributed by atoms with Gasteiger partial charge < -0.3 is 0 Å². The highest BCUT2D eigenvalue weighted by molar-refractivity contribution is 9.10. The fraction of sp³-hybridized carbons (Fsp3) is 0.222. The van der Waals surface area contributed by atoms with Gasteiger partial charge in [0.1, 0.15) is 11.3 Å². The molecule has 1 aliphatic heterocycles. The predicted octanol–water partition coefficient (Wildman–Crippen LogP) is 4.79. The summed E-state index contributed by atoms with van der Waals surface area (Å²) in [7, 11) is 0. The number of nitrogens with zero attached hydrogens (tertiary/aromatic N) is 4. The van der Waals surface area contributed by atoms with Crippen LogP contribution in [-0.4, -0.2) is 26.4 Å². The second-order valence-corrected chi connectivity index (χ2v) is 7.48. The van der Waals surface area contributed by atoms with Gasteiger partial charge in [-0.15, -0.1) is 10.2 Å². The van der Waals surface area contributed by atoms with E-state index in [0.717, 1.165) is 6.07 Å². The van der Waals surface area contributed by atoms with Gasteiger partial charge in [0.15, 0.2) is 17.2 Å². The van der Waals surface area contributed by atoms with Crippen molar-refractivity contribution in [1.82, 2.24) is 15.2 Å². The van der Waals surface area contributed by atoms with Crippen LogP contribution in [0, 0.1) is 11.6 Å². The molecule has 2 heterocycles. The molecule has 3 aromatic rings. The summed E-state index contributed by atoms with van der Waals surface area (Å²) in [6.45, 7) is 2.61. The average molecular weight is 439 g/mol. The number of aromatic nitrogens is 3. The second kappa shape index (κ2) is 5.79. The van der Waals surface area contributed by atoms with Crippen LogP contribution in [0.15, 0.2) is 39.8 Å². The molecule has 0 unspecified atom stereocenters. The van der Waals surface area contributed by atoms with Crippen molar-refractivity contribution in [2.45, 2.75) is 25.3 Å². The van der Waals surface area contributed by atoms with Gasteiger partial charge in [-0.2, -0.15) is 8.78 Å². The molecular weight excluding hydrogens is 428 g/mol. The molecule has 2 aromatic carbocycles. The van der Waals surface area contributed by atoms with Gasteiger partial charge in [-0.3, -0.25) is 4.99 Å². The van der Waals surface area contributed by atoms with Gasteiger partial charge in [0.2, 0.25) is 5.82 Å². The van der Waals surface area contributed by atoms with Crippen LogP contribution in [0.2, 0.25) is 0 Å². The molecule has 4 nitrogen and oxygen atoms in total. The largest absolute Gasteiger partial charge is 0.299 e. The Morgan fingerprint density at radius 3 is 2.48 bits per heavy atom. The van der Waals surface area contributed by atoms with Crippen molar-refractivity contribution in [3.63, 3.8) is 0 Å². The summed E-state index contributed by atoms with van der Waals surface area (Å²) in [4.78, 5) is 8.35. The van der Waals surface area contributed by atoms with E-state index < -0.39 is 23.1 Å². The number of hydrogen-bond acceptors (Lipinski definition) is 4. The van der Waals surface area contributed by atoms with Crippen LogP contribution in [0.5, 0.6) is 0 Å². The van der Waals surface area contributed by atoms with Crippen LogP contribution >= 0.6 is 15.9 Å². The van der Waals surface area contributed by atoms with Crippen LogP contribution in [0.25, 0.3) is 11.0 Å². The smallest absolute Gasteiger partial charge is 0.268 e. The minimum atomic E-state index is -3.24. The van der Waals surface area contributed by atoms with Gasteiger partial charge in [-0.05, 0) is 32.0 Å². The van der Waals surface area contributed by atoms with Crippen LogP contribution < -0.4 is 0 Å². The van der Waals surface area contributed by atoms with Crippen molar-refractivity contribution in [3.8, 4) is 0 Å². The standard InChI is InChI=1S/C18H11BrF4N4/c1-17(2)18(22,23)12-8(4-3-5-9(12)19)14(25-17)16-24-11-7-6-10(20)13(21)15(11)26-27-16/h3-7H,1-2H3. The van der Waals surface area contributed by atoms with Crippen molar-refractivity contribution in [1.29, 1.82) is 0 Å². The summed E-state index contributed by atoms with van der Waals surface area (Å²) in [5.41, 5.74) is -2.03. The summed E-state index contributed by atoms with van der Waals surface area (Å²) >= 11 is 3.18. The number of halogens is 5. The van der Waals surface area contributed by atoms with E-state index >= 15 is 0 Å². The Labute approximate surface area is 159 Å². The highest BCUT2D eigenvalue weighted by Gasteiger charge is 2.54. The van der Waals surface area contributed by atoms with E-state index in [1.807, 2.05) is 0 Å². The van der Waals surface area contributed by atoms with Crippen molar-refractivity contribution in [2.24, 2.45) is 4.99 Å². The minimum absolute atomic E-state index is 0.0450. The van der Waals surface area contributed by atoms with Gasteiger partial charge >= 0.3 is 0 Å². The molecule has 9 heteroatoms. The molecule has 0 aliphatic carbocycles. The molecule has 1 aliphatic rings. The van der Waals surface area contributed by atoms with E-state index in [-0.39, 0.29) is 38.2 Å². The molecular formula is C18H11BrF4N4. The predicted molar refractivity (Wildman–Crippen MR) is 95.0 cm³/mol. The maximum atomic E-state index is 15.0. The third-order valence-electron chi connectivity index (χ3n) is 4.47. The van der Waals surface area contributed by atoms with E-state index in [1.54, 1.807) is 6.07 Å². The number of benzene rings is 2. The minimum Gasteiger partial charge on any atom is -0.268 e. The molecule has 0 amide bonds. The van der Waals surface area contributed by atoms with Gasteiger partial charge in [0.25, 0.3) is 5.92 Å². The molecule has 0 fully saturated rings. The number of aliphatic imine (C=N–C) groups is 1. The zero-order valence-corrected chi connectivity index (χ0v) is 15.7. The summed E-state index contributed by atoms with van der Waals surface area (Å²) in [6.07, 6.45) is 0. The lowest BCUT2D eigenvalue weighted by atomic mass is 9.83. The Balaban J connectivity index is 1.99. The fourth-order valence-corrected chi connectivity index (χ4v) is 3.59. The first-order chi connectivity index (χ1) is 12.6. The average Bonchev–Trinajstić information content (AvgIpc) is 2.61. The molecule has 0 saturated heterocycles. The number of hydrogen-bond donors (Lipinski definition) is 0. The lowest BCUT2D eigenvalue weighted by Crippen LogP contribution is -2.44. The molecule has 0 atom stereocenters. The SMILES string of the molecule is CC1(C)N=C(c2nnc3c(F)c(F)ccc3n2)c2cccc(Br)c2C1(F)F. The maximum absolute atomic E-state index is 15.0. The first kappa shape index (κ1) is 18.0. The quantitative estimate of drug-likeness (QED) is 0.513. The van der Waals surface area contributed by atoms with Crippen molar-refractivity contribution >= 4 is 32.7 Å². The molecule has 27 heavy (non-hydrogen) atoms. The number of fused-ring (bicyclic) bond motifs is 2.